The Hall–Kier alpha value is -2.78. The molecule has 0 amide bonds. The van der Waals surface area contributed by atoms with Crippen LogP contribution >= 0.6 is 23.4 Å². The van der Waals surface area contributed by atoms with E-state index in [0.29, 0.717) is 33.7 Å². The fourth-order valence-electron chi connectivity index (χ4n) is 3.08. The molecular weight excluding hydrogens is 449 g/mol. The lowest BCUT2D eigenvalue weighted by molar-refractivity contribution is -0.137. The molecule has 160 valence electrons. The van der Waals surface area contributed by atoms with Gasteiger partial charge in [0.05, 0.1) is 17.6 Å². The molecule has 0 fully saturated rings. The van der Waals surface area contributed by atoms with E-state index in [9.17, 15) is 18.0 Å². The Balaban J connectivity index is 1.63. The first-order valence-corrected chi connectivity index (χ1v) is 10.6. The number of fused-ring (bicyclic) bond motifs is 1. The van der Waals surface area contributed by atoms with Crippen molar-refractivity contribution in [2.75, 3.05) is 5.75 Å². The van der Waals surface area contributed by atoms with Gasteiger partial charge in [0.2, 0.25) is 0 Å². The second kappa shape index (κ2) is 8.39. The molecule has 2 heterocycles. The normalized spacial score (nSPS) is 11.9. The van der Waals surface area contributed by atoms with Crippen LogP contribution in [0.25, 0.3) is 16.9 Å². The molecule has 0 aliphatic carbocycles. The van der Waals surface area contributed by atoms with Crippen molar-refractivity contribution in [1.82, 2.24) is 19.1 Å². The zero-order valence-electron chi connectivity index (χ0n) is 16.2. The molecule has 0 radical (unpaired) electrons. The minimum absolute atomic E-state index is 0.254. The first-order chi connectivity index (χ1) is 14.7. The SMILES string of the molecule is Cn1cnc2c(=O)n(-c3ccc(Cl)cc3)c(SCCc3ccc(C(F)(F)F)cc3)nc21. The zero-order chi connectivity index (χ0) is 22.2. The van der Waals surface area contributed by atoms with Crippen LogP contribution in [0.4, 0.5) is 13.2 Å². The number of hydrogen-bond donors (Lipinski definition) is 0. The van der Waals surface area contributed by atoms with E-state index in [2.05, 4.69) is 9.97 Å². The van der Waals surface area contributed by atoms with E-state index in [1.165, 1.54) is 34.8 Å². The van der Waals surface area contributed by atoms with Crippen LogP contribution in [0.15, 0.2) is 64.8 Å². The summed E-state index contributed by atoms with van der Waals surface area (Å²) in [5.41, 5.74) is 1.11. The van der Waals surface area contributed by atoms with E-state index >= 15 is 0 Å². The van der Waals surface area contributed by atoms with Gasteiger partial charge in [-0.1, -0.05) is 35.5 Å². The Kier molecular flexibility index (Phi) is 5.81. The van der Waals surface area contributed by atoms with Gasteiger partial charge in [-0.15, -0.1) is 0 Å². The average molecular weight is 465 g/mol. The number of halogens is 4. The van der Waals surface area contributed by atoms with Crippen LogP contribution in [-0.4, -0.2) is 24.9 Å². The summed E-state index contributed by atoms with van der Waals surface area (Å²) in [7, 11) is 1.76. The fourth-order valence-corrected chi connectivity index (χ4v) is 4.19. The van der Waals surface area contributed by atoms with Gasteiger partial charge in [0, 0.05) is 17.8 Å². The molecule has 0 aliphatic heterocycles. The molecule has 0 atom stereocenters. The summed E-state index contributed by atoms with van der Waals surface area (Å²) >= 11 is 7.32. The average Bonchev–Trinajstić information content (AvgIpc) is 3.10. The van der Waals surface area contributed by atoms with Gasteiger partial charge in [0.1, 0.15) is 0 Å². The number of hydrogen-bond acceptors (Lipinski definition) is 4. The van der Waals surface area contributed by atoms with Gasteiger partial charge >= 0.3 is 6.18 Å². The third-order valence-electron chi connectivity index (χ3n) is 4.69. The quantitative estimate of drug-likeness (QED) is 0.303. The summed E-state index contributed by atoms with van der Waals surface area (Å²) < 4.78 is 41.3. The molecule has 0 N–H and O–H groups in total. The highest BCUT2D eigenvalue weighted by atomic mass is 35.5. The van der Waals surface area contributed by atoms with Gasteiger partial charge in [0.25, 0.3) is 5.56 Å². The maximum Gasteiger partial charge on any atom is 0.416 e. The molecule has 0 unspecified atom stereocenters. The molecule has 0 saturated carbocycles. The second-order valence-electron chi connectivity index (χ2n) is 6.83. The van der Waals surface area contributed by atoms with Crippen LogP contribution in [0, 0.1) is 0 Å². The molecule has 0 spiro atoms. The van der Waals surface area contributed by atoms with Crippen LogP contribution in [0.1, 0.15) is 11.1 Å². The lowest BCUT2D eigenvalue weighted by atomic mass is 10.1. The van der Waals surface area contributed by atoms with Crippen molar-refractivity contribution in [2.45, 2.75) is 17.8 Å². The predicted molar refractivity (Wildman–Crippen MR) is 115 cm³/mol. The molecule has 2 aromatic heterocycles. The third kappa shape index (κ3) is 4.47. The number of aromatic nitrogens is 4. The number of imidazole rings is 1. The van der Waals surface area contributed by atoms with Crippen molar-refractivity contribution in [1.29, 1.82) is 0 Å². The molecule has 5 nitrogen and oxygen atoms in total. The highest BCUT2D eigenvalue weighted by molar-refractivity contribution is 7.99. The molecule has 0 saturated heterocycles. The van der Waals surface area contributed by atoms with Gasteiger partial charge in [0.15, 0.2) is 16.3 Å². The monoisotopic (exact) mass is 464 g/mol. The van der Waals surface area contributed by atoms with Gasteiger partial charge in [-0.3, -0.25) is 9.36 Å². The summed E-state index contributed by atoms with van der Waals surface area (Å²) in [6.07, 6.45) is -2.31. The van der Waals surface area contributed by atoms with Gasteiger partial charge in [-0.25, -0.2) is 9.97 Å². The minimum Gasteiger partial charge on any atom is -0.318 e. The minimum atomic E-state index is -4.36. The second-order valence-corrected chi connectivity index (χ2v) is 8.33. The summed E-state index contributed by atoms with van der Waals surface area (Å²) in [6.45, 7) is 0. The molecular formula is C21H16ClF3N4OS. The predicted octanol–water partition coefficient (Wildman–Crippen LogP) is 5.13. The van der Waals surface area contributed by atoms with Crippen molar-refractivity contribution in [3.8, 4) is 5.69 Å². The summed E-state index contributed by atoms with van der Waals surface area (Å²) in [5.74, 6) is 0.523. The van der Waals surface area contributed by atoms with E-state index in [1.807, 2.05) is 0 Å². The molecule has 10 heteroatoms. The number of alkyl halides is 3. The Bertz CT molecular complexity index is 1280. The lowest BCUT2D eigenvalue weighted by Crippen LogP contribution is -2.22. The standard InChI is InChI=1S/C21H16ClF3N4OS/c1-28-12-26-17-18(28)27-20(29(19(17)30)16-8-6-15(22)7-9-16)31-11-10-13-2-4-14(5-3-13)21(23,24)25/h2-9,12H,10-11H2,1H3. The molecule has 0 aliphatic rings. The van der Waals surface area contributed by atoms with E-state index in [-0.39, 0.29) is 11.1 Å². The summed E-state index contributed by atoms with van der Waals surface area (Å²) in [6, 6.07) is 11.9. The van der Waals surface area contributed by atoms with Crippen molar-refractivity contribution < 1.29 is 13.2 Å². The van der Waals surface area contributed by atoms with Crippen LogP contribution in [0.5, 0.6) is 0 Å². The van der Waals surface area contributed by atoms with Crippen LogP contribution < -0.4 is 5.56 Å². The zero-order valence-corrected chi connectivity index (χ0v) is 17.8. The van der Waals surface area contributed by atoms with Crippen molar-refractivity contribution >= 4 is 34.5 Å². The van der Waals surface area contributed by atoms with E-state index < -0.39 is 11.7 Å². The lowest BCUT2D eigenvalue weighted by Gasteiger charge is -2.12. The van der Waals surface area contributed by atoms with Gasteiger partial charge in [-0.05, 0) is 48.4 Å². The van der Waals surface area contributed by atoms with Gasteiger partial charge in [-0.2, -0.15) is 13.2 Å². The Labute approximate surface area is 184 Å². The van der Waals surface area contributed by atoms with E-state index in [4.69, 9.17) is 11.6 Å². The van der Waals surface area contributed by atoms with Crippen LogP contribution in [-0.2, 0) is 19.6 Å². The van der Waals surface area contributed by atoms with Crippen molar-refractivity contribution in [2.24, 2.45) is 7.05 Å². The molecule has 4 rings (SSSR count). The Morgan fingerprint density at radius 1 is 1.06 bits per heavy atom. The first kappa shape index (κ1) is 21.5. The number of rotatable bonds is 5. The molecule has 0 bridgehead atoms. The van der Waals surface area contributed by atoms with E-state index in [1.54, 1.807) is 35.9 Å². The highest BCUT2D eigenvalue weighted by Gasteiger charge is 2.29. The molecule has 2 aromatic carbocycles. The molecule has 31 heavy (non-hydrogen) atoms. The number of nitrogens with zero attached hydrogens (tertiary/aromatic N) is 4. The summed E-state index contributed by atoms with van der Waals surface area (Å²) in [5, 5.41) is 1.01. The largest absolute Gasteiger partial charge is 0.416 e. The number of aryl methyl sites for hydroxylation is 2. The van der Waals surface area contributed by atoms with Crippen molar-refractivity contribution in [3.63, 3.8) is 0 Å². The fraction of sp³-hybridized carbons (Fsp3) is 0.190. The van der Waals surface area contributed by atoms with Crippen molar-refractivity contribution in [3.05, 3.63) is 81.4 Å². The smallest absolute Gasteiger partial charge is 0.318 e. The maximum absolute atomic E-state index is 13.1. The first-order valence-electron chi connectivity index (χ1n) is 9.23. The third-order valence-corrected chi connectivity index (χ3v) is 5.88. The Morgan fingerprint density at radius 3 is 2.39 bits per heavy atom. The van der Waals surface area contributed by atoms with Gasteiger partial charge < -0.3 is 4.57 Å². The van der Waals surface area contributed by atoms with Crippen LogP contribution in [0.2, 0.25) is 5.02 Å². The van der Waals surface area contributed by atoms with Crippen LogP contribution in [0.3, 0.4) is 0 Å². The highest BCUT2D eigenvalue weighted by Crippen LogP contribution is 2.29. The number of benzene rings is 2. The number of thioether (sulfide) groups is 1. The molecule has 4 aromatic rings. The van der Waals surface area contributed by atoms with E-state index in [0.717, 1.165) is 17.7 Å². The summed E-state index contributed by atoms with van der Waals surface area (Å²) in [4.78, 5) is 21.9. The maximum atomic E-state index is 13.1. The topological polar surface area (TPSA) is 52.7 Å². The Morgan fingerprint density at radius 2 is 1.74 bits per heavy atom.